The lowest BCUT2D eigenvalue weighted by Crippen LogP contribution is -2.32. The molecule has 33 heavy (non-hydrogen) atoms. The van der Waals surface area contributed by atoms with Crippen LogP contribution < -0.4 is 15.6 Å². The smallest absolute Gasteiger partial charge is 0.354 e. The van der Waals surface area contributed by atoms with E-state index in [0.29, 0.717) is 21.7 Å². The number of ether oxygens (including phenoxy) is 1. The van der Waals surface area contributed by atoms with Gasteiger partial charge in [-0.2, -0.15) is 5.26 Å². The van der Waals surface area contributed by atoms with Crippen molar-refractivity contribution >= 4 is 29.2 Å². The first-order valence-electron chi connectivity index (χ1n) is 9.79. The number of nitrogens with zero attached hydrogens (tertiary/aromatic N) is 3. The highest BCUT2D eigenvalue weighted by atomic mass is 35.5. The Kier molecular flexibility index (Phi) is 7.10. The highest BCUT2D eigenvalue weighted by molar-refractivity contribution is 6.31. The van der Waals surface area contributed by atoms with Gasteiger partial charge in [0.1, 0.15) is 17.5 Å². The Hall–Kier alpha value is -4.16. The minimum Gasteiger partial charge on any atom is -0.495 e. The molecule has 0 spiro atoms. The first kappa shape index (κ1) is 23.5. The molecule has 0 bridgehead atoms. The van der Waals surface area contributed by atoms with Crippen molar-refractivity contribution in [3.8, 4) is 22.9 Å². The van der Waals surface area contributed by atoms with Gasteiger partial charge in [0, 0.05) is 22.2 Å². The van der Waals surface area contributed by atoms with Crippen LogP contribution in [-0.4, -0.2) is 33.6 Å². The van der Waals surface area contributed by atoms with Gasteiger partial charge in [-0.1, -0.05) is 18.5 Å². The zero-order chi connectivity index (χ0) is 24.1. The number of anilines is 1. The number of aromatic carboxylic acids is 1. The van der Waals surface area contributed by atoms with Crippen molar-refractivity contribution in [1.82, 2.24) is 9.55 Å². The fourth-order valence-corrected chi connectivity index (χ4v) is 3.48. The van der Waals surface area contributed by atoms with Gasteiger partial charge in [0.05, 0.1) is 36.8 Å². The summed E-state index contributed by atoms with van der Waals surface area (Å²) in [6.07, 6.45) is 2.93. The molecule has 0 aliphatic carbocycles. The summed E-state index contributed by atoms with van der Waals surface area (Å²) in [5.41, 5.74) is 0.787. The number of amides is 1. The van der Waals surface area contributed by atoms with Crippen LogP contribution in [0.1, 0.15) is 35.4 Å². The first-order valence-corrected chi connectivity index (χ1v) is 10.2. The number of nitrogens with one attached hydrogen (secondary N) is 1. The molecule has 1 unspecified atom stereocenters. The van der Waals surface area contributed by atoms with E-state index in [0.717, 1.165) is 0 Å². The van der Waals surface area contributed by atoms with Gasteiger partial charge < -0.3 is 15.2 Å². The summed E-state index contributed by atoms with van der Waals surface area (Å²) >= 11 is 6.08. The van der Waals surface area contributed by atoms with Crippen molar-refractivity contribution in [3.63, 3.8) is 0 Å². The number of nitriles is 1. The Balaban J connectivity index is 1.98. The van der Waals surface area contributed by atoms with Crippen molar-refractivity contribution < 1.29 is 19.4 Å². The number of hydrogen-bond donors (Lipinski definition) is 2. The van der Waals surface area contributed by atoms with Gasteiger partial charge in [-0.25, -0.2) is 9.78 Å². The molecule has 168 valence electrons. The van der Waals surface area contributed by atoms with Crippen molar-refractivity contribution in [2.45, 2.75) is 19.4 Å². The summed E-state index contributed by atoms with van der Waals surface area (Å²) in [7, 11) is 1.42. The quantitative estimate of drug-likeness (QED) is 0.541. The molecule has 0 saturated carbocycles. The Morgan fingerprint density at radius 2 is 2.03 bits per heavy atom. The number of carbonyl (C=O) groups is 2. The van der Waals surface area contributed by atoms with Crippen LogP contribution in [0.15, 0.2) is 53.6 Å². The Morgan fingerprint density at radius 3 is 2.61 bits per heavy atom. The third kappa shape index (κ3) is 5.02. The van der Waals surface area contributed by atoms with Crippen molar-refractivity contribution in [3.05, 3.63) is 75.4 Å². The number of hydrogen-bond acceptors (Lipinski definition) is 6. The molecule has 0 aliphatic rings. The van der Waals surface area contributed by atoms with Gasteiger partial charge in [-0.3, -0.25) is 14.2 Å². The largest absolute Gasteiger partial charge is 0.495 e. The van der Waals surface area contributed by atoms with Crippen LogP contribution >= 0.6 is 11.6 Å². The zero-order valence-corrected chi connectivity index (χ0v) is 18.5. The number of methoxy groups -OCH3 is 1. The van der Waals surface area contributed by atoms with Crippen molar-refractivity contribution in [2.24, 2.45) is 0 Å². The van der Waals surface area contributed by atoms with Crippen LogP contribution in [0.3, 0.4) is 0 Å². The minimum atomic E-state index is -1.18. The monoisotopic (exact) mass is 466 g/mol. The minimum absolute atomic E-state index is 0.158. The second kappa shape index (κ2) is 9.97. The molecule has 1 aromatic carbocycles. The van der Waals surface area contributed by atoms with E-state index in [-0.39, 0.29) is 23.6 Å². The molecular weight excluding hydrogens is 448 g/mol. The number of rotatable bonds is 7. The fourth-order valence-electron chi connectivity index (χ4n) is 3.31. The van der Waals surface area contributed by atoms with E-state index >= 15 is 0 Å². The van der Waals surface area contributed by atoms with Crippen LogP contribution in [0.2, 0.25) is 5.02 Å². The van der Waals surface area contributed by atoms with Crippen LogP contribution in [0, 0.1) is 11.3 Å². The van der Waals surface area contributed by atoms with Crippen molar-refractivity contribution in [2.75, 3.05) is 12.4 Å². The third-order valence-corrected chi connectivity index (χ3v) is 5.17. The lowest BCUT2D eigenvalue weighted by Gasteiger charge is -2.20. The van der Waals surface area contributed by atoms with E-state index < -0.39 is 23.5 Å². The standard InChI is InChI=1S/C23H19ClN4O5/c1-3-19(22(30)27-15-6-7-18(23(31)32)26-11-15)28-12-20(33-2)17(9-21(28)29)16-8-14(24)5-4-13(16)10-25/h4-9,11-12,19H,3H2,1-2H3,(H,27,30)(H,31,32). The topological polar surface area (TPSA) is 134 Å². The maximum absolute atomic E-state index is 13.0. The molecule has 2 heterocycles. The van der Waals surface area contributed by atoms with Gasteiger partial charge in [0.2, 0.25) is 5.91 Å². The predicted octanol–water partition coefficient (Wildman–Crippen LogP) is 3.73. The predicted molar refractivity (Wildman–Crippen MR) is 122 cm³/mol. The molecule has 0 saturated heterocycles. The molecule has 9 nitrogen and oxygen atoms in total. The molecular formula is C23H19ClN4O5. The summed E-state index contributed by atoms with van der Waals surface area (Å²) in [6.45, 7) is 1.74. The van der Waals surface area contributed by atoms with E-state index in [1.54, 1.807) is 25.1 Å². The molecule has 1 amide bonds. The van der Waals surface area contributed by atoms with Crippen LogP contribution in [0.4, 0.5) is 5.69 Å². The normalized spacial score (nSPS) is 11.3. The molecule has 0 radical (unpaired) electrons. The average Bonchev–Trinajstić information content (AvgIpc) is 2.80. The van der Waals surface area contributed by atoms with Crippen LogP contribution in [0.5, 0.6) is 5.75 Å². The molecule has 3 aromatic rings. The van der Waals surface area contributed by atoms with E-state index in [2.05, 4.69) is 16.4 Å². The second-order valence-corrected chi connectivity index (χ2v) is 7.39. The van der Waals surface area contributed by atoms with Gasteiger partial charge >= 0.3 is 5.97 Å². The first-order chi connectivity index (χ1) is 15.8. The SMILES string of the molecule is CCC(C(=O)Nc1ccc(C(=O)O)nc1)n1cc(OC)c(-c2cc(Cl)ccc2C#N)cc1=O. The highest BCUT2D eigenvalue weighted by Gasteiger charge is 2.23. The summed E-state index contributed by atoms with van der Waals surface area (Å²) < 4.78 is 6.70. The van der Waals surface area contributed by atoms with E-state index in [1.807, 2.05) is 0 Å². The molecule has 10 heteroatoms. The summed E-state index contributed by atoms with van der Waals surface area (Å²) in [4.78, 5) is 40.6. The second-order valence-electron chi connectivity index (χ2n) is 6.95. The van der Waals surface area contributed by atoms with Gasteiger partial charge in [-0.05, 0) is 36.8 Å². The number of benzene rings is 1. The van der Waals surface area contributed by atoms with Crippen molar-refractivity contribution in [1.29, 1.82) is 5.26 Å². The number of aromatic nitrogens is 2. The summed E-state index contributed by atoms with van der Waals surface area (Å²) in [5, 5.41) is 21.4. The molecule has 0 aliphatic heterocycles. The number of halogens is 1. The maximum Gasteiger partial charge on any atom is 0.354 e. The van der Waals surface area contributed by atoms with E-state index in [9.17, 15) is 19.6 Å². The van der Waals surface area contributed by atoms with Gasteiger partial charge in [0.15, 0.2) is 0 Å². The van der Waals surface area contributed by atoms with Gasteiger partial charge in [-0.15, -0.1) is 0 Å². The molecule has 2 N–H and O–H groups in total. The fraction of sp³-hybridized carbons (Fsp3) is 0.174. The van der Waals surface area contributed by atoms with E-state index in [1.165, 1.54) is 42.3 Å². The Morgan fingerprint density at radius 1 is 1.27 bits per heavy atom. The average molecular weight is 467 g/mol. The lowest BCUT2D eigenvalue weighted by atomic mass is 10.00. The number of carboxylic acids is 1. The maximum atomic E-state index is 13.0. The number of carbonyl (C=O) groups excluding carboxylic acids is 1. The zero-order valence-electron chi connectivity index (χ0n) is 17.7. The third-order valence-electron chi connectivity index (χ3n) is 4.93. The molecule has 3 rings (SSSR count). The summed E-state index contributed by atoms with van der Waals surface area (Å²) in [5.74, 6) is -1.39. The number of carboxylic acid groups (broad SMARTS) is 1. The number of pyridine rings is 2. The van der Waals surface area contributed by atoms with Crippen LogP contribution in [-0.2, 0) is 4.79 Å². The Labute approximate surface area is 193 Å². The lowest BCUT2D eigenvalue weighted by molar-refractivity contribution is -0.119. The highest BCUT2D eigenvalue weighted by Crippen LogP contribution is 2.33. The molecule has 2 aromatic heterocycles. The summed E-state index contributed by atoms with van der Waals surface area (Å²) in [6, 6.07) is 9.86. The van der Waals surface area contributed by atoms with Crippen LogP contribution in [0.25, 0.3) is 11.1 Å². The van der Waals surface area contributed by atoms with Gasteiger partial charge in [0.25, 0.3) is 5.56 Å². The van der Waals surface area contributed by atoms with E-state index in [4.69, 9.17) is 21.4 Å². The molecule has 1 atom stereocenters. The molecule has 0 fully saturated rings. The Bertz CT molecular complexity index is 1310.